The molecule has 16 heavy (non-hydrogen) atoms. The van der Waals surface area contributed by atoms with Gasteiger partial charge in [0.15, 0.2) is 0 Å². The summed E-state index contributed by atoms with van der Waals surface area (Å²) < 4.78 is 0. The number of unbranched alkanes of at least 4 members (excludes halogenated alkanes) is 5. The average Bonchev–Trinajstić information content (AvgIpc) is 2.34. The third-order valence-corrected chi connectivity index (χ3v) is 3.99. The summed E-state index contributed by atoms with van der Waals surface area (Å²) in [6.07, 6.45) is 14.4. The Bertz CT molecular complexity index is 150. The van der Waals surface area contributed by atoms with E-state index in [0.717, 1.165) is 6.04 Å². The van der Waals surface area contributed by atoms with Crippen LogP contribution in [-0.4, -0.2) is 24.0 Å². The van der Waals surface area contributed by atoms with E-state index in [2.05, 4.69) is 18.7 Å². The molecule has 1 atom stereocenters. The van der Waals surface area contributed by atoms with Crippen LogP contribution in [0, 0.1) is 0 Å². The summed E-state index contributed by atoms with van der Waals surface area (Å²) in [7, 11) is 0. The van der Waals surface area contributed by atoms with E-state index in [1.165, 1.54) is 77.3 Å². The van der Waals surface area contributed by atoms with Crippen LogP contribution in [0.5, 0.6) is 0 Å². The van der Waals surface area contributed by atoms with Crippen LogP contribution in [0.15, 0.2) is 0 Å². The van der Waals surface area contributed by atoms with Crippen molar-refractivity contribution in [3.63, 3.8) is 0 Å². The highest BCUT2D eigenvalue weighted by Gasteiger charge is 2.15. The minimum atomic E-state index is 0.839. The summed E-state index contributed by atoms with van der Waals surface area (Å²) in [6, 6.07) is 0.839. The van der Waals surface area contributed by atoms with E-state index < -0.39 is 0 Å². The summed E-state index contributed by atoms with van der Waals surface area (Å²) in [5.74, 6) is 0. The van der Waals surface area contributed by atoms with Crippen LogP contribution >= 0.6 is 0 Å². The van der Waals surface area contributed by atoms with Crippen LogP contribution in [0.3, 0.4) is 0 Å². The lowest BCUT2D eigenvalue weighted by atomic mass is 10.0. The van der Waals surface area contributed by atoms with E-state index >= 15 is 0 Å². The molecule has 0 amide bonds. The number of hydrogen-bond acceptors (Lipinski definition) is 1. The molecule has 96 valence electrons. The summed E-state index contributed by atoms with van der Waals surface area (Å²) in [4.78, 5) is 2.70. The molecule has 0 aromatic carbocycles. The SMILES string of the molecule is CCCCCCCCC(C)N1CCCCC1. The molecule has 0 bridgehead atoms. The van der Waals surface area contributed by atoms with Gasteiger partial charge in [0.2, 0.25) is 0 Å². The molecule has 0 aliphatic carbocycles. The predicted molar refractivity (Wildman–Crippen MR) is 72.9 cm³/mol. The van der Waals surface area contributed by atoms with E-state index in [9.17, 15) is 0 Å². The number of rotatable bonds is 8. The van der Waals surface area contributed by atoms with Gasteiger partial charge in [0.25, 0.3) is 0 Å². The van der Waals surface area contributed by atoms with Gasteiger partial charge in [-0.3, -0.25) is 0 Å². The van der Waals surface area contributed by atoms with Gasteiger partial charge in [-0.2, -0.15) is 0 Å². The highest BCUT2D eigenvalue weighted by Crippen LogP contribution is 2.16. The van der Waals surface area contributed by atoms with Crippen molar-refractivity contribution in [2.45, 2.75) is 84.1 Å². The fourth-order valence-electron chi connectivity index (χ4n) is 2.76. The quantitative estimate of drug-likeness (QED) is 0.545. The van der Waals surface area contributed by atoms with Crippen LogP contribution in [0.2, 0.25) is 0 Å². The number of nitrogens with zero attached hydrogens (tertiary/aromatic N) is 1. The maximum Gasteiger partial charge on any atom is 0.00669 e. The van der Waals surface area contributed by atoms with Crippen molar-refractivity contribution >= 4 is 0 Å². The Morgan fingerprint density at radius 3 is 2.19 bits per heavy atom. The molecule has 1 aliphatic heterocycles. The van der Waals surface area contributed by atoms with Gasteiger partial charge in [-0.05, 0) is 39.3 Å². The lowest BCUT2D eigenvalue weighted by molar-refractivity contribution is 0.164. The van der Waals surface area contributed by atoms with E-state index in [-0.39, 0.29) is 0 Å². The Morgan fingerprint density at radius 2 is 1.50 bits per heavy atom. The van der Waals surface area contributed by atoms with Gasteiger partial charge >= 0.3 is 0 Å². The van der Waals surface area contributed by atoms with Crippen molar-refractivity contribution in [1.82, 2.24) is 4.90 Å². The highest BCUT2D eigenvalue weighted by atomic mass is 15.1. The summed E-state index contributed by atoms with van der Waals surface area (Å²) in [5.41, 5.74) is 0. The van der Waals surface area contributed by atoms with Gasteiger partial charge in [-0.25, -0.2) is 0 Å². The van der Waals surface area contributed by atoms with Gasteiger partial charge in [0, 0.05) is 6.04 Å². The topological polar surface area (TPSA) is 3.24 Å². The standard InChI is InChI=1S/C15H31N/c1-3-4-5-6-7-9-12-15(2)16-13-10-8-11-14-16/h15H,3-14H2,1-2H3. The van der Waals surface area contributed by atoms with E-state index in [0.29, 0.717) is 0 Å². The predicted octanol–water partition coefficient (Wildman–Crippen LogP) is 4.61. The number of hydrogen-bond donors (Lipinski definition) is 0. The van der Waals surface area contributed by atoms with E-state index in [1.54, 1.807) is 0 Å². The van der Waals surface area contributed by atoms with Gasteiger partial charge in [0.05, 0.1) is 0 Å². The molecule has 1 unspecified atom stereocenters. The normalized spacial score (nSPS) is 19.9. The Morgan fingerprint density at radius 1 is 0.875 bits per heavy atom. The molecule has 0 aromatic heterocycles. The molecule has 0 spiro atoms. The second kappa shape index (κ2) is 9.04. The van der Waals surface area contributed by atoms with Gasteiger partial charge in [-0.15, -0.1) is 0 Å². The van der Waals surface area contributed by atoms with E-state index in [1.807, 2.05) is 0 Å². The first-order valence-electron chi connectivity index (χ1n) is 7.58. The summed E-state index contributed by atoms with van der Waals surface area (Å²) in [5, 5.41) is 0. The first kappa shape index (κ1) is 14.0. The third-order valence-electron chi connectivity index (χ3n) is 3.99. The smallest absolute Gasteiger partial charge is 0.00669 e. The minimum absolute atomic E-state index is 0.839. The van der Waals surface area contributed by atoms with Crippen LogP contribution in [0.25, 0.3) is 0 Å². The second-order valence-electron chi connectivity index (χ2n) is 5.50. The van der Waals surface area contributed by atoms with Crippen molar-refractivity contribution in [3.8, 4) is 0 Å². The maximum atomic E-state index is 2.70. The molecule has 0 N–H and O–H groups in total. The lowest BCUT2D eigenvalue weighted by Gasteiger charge is -2.32. The summed E-state index contributed by atoms with van der Waals surface area (Å²) in [6.45, 7) is 7.43. The van der Waals surface area contributed by atoms with Crippen LogP contribution in [-0.2, 0) is 0 Å². The Kier molecular flexibility index (Phi) is 7.92. The first-order valence-corrected chi connectivity index (χ1v) is 7.58. The molecule has 1 heteroatoms. The lowest BCUT2D eigenvalue weighted by Crippen LogP contribution is -2.37. The molecular weight excluding hydrogens is 194 g/mol. The largest absolute Gasteiger partial charge is 0.301 e. The van der Waals surface area contributed by atoms with E-state index in [4.69, 9.17) is 0 Å². The average molecular weight is 225 g/mol. The molecule has 1 fully saturated rings. The van der Waals surface area contributed by atoms with Crippen molar-refractivity contribution in [2.75, 3.05) is 13.1 Å². The minimum Gasteiger partial charge on any atom is -0.301 e. The van der Waals surface area contributed by atoms with Gasteiger partial charge in [-0.1, -0.05) is 51.9 Å². The molecule has 0 saturated carbocycles. The van der Waals surface area contributed by atoms with Gasteiger partial charge in [0.1, 0.15) is 0 Å². The Balaban J connectivity index is 1.94. The molecule has 1 rings (SSSR count). The van der Waals surface area contributed by atoms with Crippen LogP contribution in [0.1, 0.15) is 78.1 Å². The molecular formula is C15H31N. The zero-order valence-electron chi connectivity index (χ0n) is 11.5. The zero-order valence-corrected chi connectivity index (χ0v) is 11.5. The van der Waals surface area contributed by atoms with Crippen LogP contribution in [0.4, 0.5) is 0 Å². The zero-order chi connectivity index (χ0) is 11.6. The Hall–Kier alpha value is -0.0400. The monoisotopic (exact) mass is 225 g/mol. The Labute approximate surface area is 103 Å². The number of likely N-dealkylation sites (tertiary alicyclic amines) is 1. The second-order valence-corrected chi connectivity index (χ2v) is 5.50. The fourth-order valence-corrected chi connectivity index (χ4v) is 2.76. The van der Waals surface area contributed by atoms with Crippen molar-refractivity contribution in [2.24, 2.45) is 0 Å². The molecule has 0 radical (unpaired) electrons. The first-order chi connectivity index (χ1) is 7.84. The third kappa shape index (κ3) is 5.89. The van der Waals surface area contributed by atoms with Gasteiger partial charge < -0.3 is 4.90 Å². The van der Waals surface area contributed by atoms with Crippen molar-refractivity contribution < 1.29 is 0 Å². The molecule has 1 saturated heterocycles. The molecule has 1 nitrogen and oxygen atoms in total. The molecule has 0 aromatic rings. The maximum absolute atomic E-state index is 2.70. The van der Waals surface area contributed by atoms with Crippen molar-refractivity contribution in [1.29, 1.82) is 0 Å². The summed E-state index contributed by atoms with van der Waals surface area (Å²) >= 11 is 0. The molecule has 1 heterocycles. The van der Waals surface area contributed by atoms with Crippen LogP contribution < -0.4 is 0 Å². The molecule has 1 aliphatic rings. The van der Waals surface area contributed by atoms with Crippen molar-refractivity contribution in [3.05, 3.63) is 0 Å². The number of piperidine rings is 1. The highest BCUT2D eigenvalue weighted by molar-refractivity contribution is 4.71. The fraction of sp³-hybridized carbons (Fsp3) is 1.00.